The minimum absolute atomic E-state index is 0.0306. The van der Waals surface area contributed by atoms with Gasteiger partial charge in [-0.15, -0.1) is 0 Å². The van der Waals surface area contributed by atoms with E-state index in [1.165, 1.54) is 17.6 Å². The topological polar surface area (TPSA) is 93.6 Å². The van der Waals surface area contributed by atoms with Gasteiger partial charge >= 0.3 is 0 Å². The Morgan fingerprint density at radius 3 is 2.76 bits per heavy atom. The summed E-state index contributed by atoms with van der Waals surface area (Å²) in [5.41, 5.74) is 6.73. The molecule has 0 atom stereocenters. The van der Waals surface area contributed by atoms with Crippen molar-refractivity contribution in [1.82, 2.24) is 14.4 Å². The normalized spacial score (nSPS) is 11.7. The van der Waals surface area contributed by atoms with Gasteiger partial charge in [-0.25, -0.2) is 4.98 Å². The first kappa shape index (κ1) is 13.4. The molecule has 0 aliphatic rings. The van der Waals surface area contributed by atoms with Gasteiger partial charge in [-0.2, -0.15) is 8.42 Å². The van der Waals surface area contributed by atoms with Gasteiger partial charge in [-0.05, 0) is 24.3 Å². The van der Waals surface area contributed by atoms with Gasteiger partial charge < -0.3 is 5.73 Å². The molecule has 7 nitrogen and oxygen atoms in total. The second-order valence-corrected chi connectivity index (χ2v) is 6.30. The summed E-state index contributed by atoms with van der Waals surface area (Å²) < 4.78 is 28.2. The Labute approximate surface area is 121 Å². The minimum atomic E-state index is -3.84. The average Bonchev–Trinajstić information content (AvgIpc) is 2.83. The van der Waals surface area contributed by atoms with Crippen LogP contribution in [0.3, 0.4) is 0 Å². The molecule has 3 aromatic rings. The monoisotopic (exact) mass is 303 g/mol. The van der Waals surface area contributed by atoms with Crippen LogP contribution in [0.5, 0.6) is 0 Å². The maximum atomic E-state index is 12.8. The lowest BCUT2D eigenvalue weighted by atomic mass is 10.4. The summed E-state index contributed by atoms with van der Waals surface area (Å²) in [7, 11) is -2.38. The lowest BCUT2D eigenvalue weighted by molar-refractivity contribution is 0.590. The maximum Gasteiger partial charge on any atom is 0.283 e. The molecule has 108 valence electrons. The van der Waals surface area contributed by atoms with Crippen LogP contribution in [0.2, 0.25) is 0 Å². The van der Waals surface area contributed by atoms with Gasteiger partial charge in [0.1, 0.15) is 5.65 Å². The first-order valence-electron chi connectivity index (χ1n) is 6.13. The lowest BCUT2D eigenvalue weighted by Gasteiger charge is -2.18. The number of aromatic nitrogens is 3. The standard InChI is InChI=1S/C13H13N5O2S/c1-17(10-5-4-7-15-9-10)21(19,20)13-12(14)16-11-6-2-3-8-18(11)13/h2-9H,14H2,1H3. The summed E-state index contributed by atoms with van der Waals surface area (Å²) in [5.74, 6) is -0.0306. The largest absolute Gasteiger partial charge is 0.381 e. The van der Waals surface area contributed by atoms with E-state index < -0.39 is 10.0 Å². The van der Waals surface area contributed by atoms with Gasteiger partial charge in [0.2, 0.25) is 5.03 Å². The summed E-state index contributed by atoms with van der Waals surface area (Å²) in [6.07, 6.45) is 4.66. The third-order valence-corrected chi connectivity index (χ3v) is 4.95. The Kier molecular flexibility index (Phi) is 3.02. The van der Waals surface area contributed by atoms with Crippen molar-refractivity contribution in [2.45, 2.75) is 5.03 Å². The molecule has 0 amide bonds. The number of nitrogens with zero attached hydrogens (tertiary/aromatic N) is 4. The van der Waals surface area contributed by atoms with Crippen LogP contribution in [0.15, 0.2) is 53.9 Å². The Hall–Kier alpha value is -2.61. The van der Waals surface area contributed by atoms with Crippen LogP contribution in [-0.4, -0.2) is 29.8 Å². The van der Waals surface area contributed by atoms with Crippen LogP contribution >= 0.6 is 0 Å². The molecule has 0 saturated heterocycles. The number of sulfonamides is 1. The highest BCUT2D eigenvalue weighted by molar-refractivity contribution is 7.92. The van der Waals surface area contributed by atoms with E-state index in [4.69, 9.17) is 5.73 Å². The molecule has 3 rings (SSSR count). The van der Waals surface area contributed by atoms with Gasteiger partial charge in [0.05, 0.1) is 11.9 Å². The summed E-state index contributed by atoms with van der Waals surface area (Å²) in [5, 5.41) is -0.0514. The Balaban J connectivity index is 2.19. The van der Waals surface area contributed by atoms with Crippen molar-refractivity contribution in [3.05, 3.63) is 48.9 Å². The van der Waals surface area contributed by atoms with Crippen LogP contribution in [0.4, 0.5) is 11.5 Å². The molecule has 21 heavy (non-hydrogen) atoms. The van der Waals surface area contributed by atoms with Crippen molar-refractivity contribution in [3.8, 4) is 0 Å². The van der Waals surface area contributed by atoms with Gasteiger partial charge in [0.15, 0.2) is 5.82 Å². The molecule has 0 saturated carbocycles. The van der Waals surface area contributed by atoms with E-state index in [1.54, 1.807) is 42.7 Å². The number of imidazole rings is 1. The maximum absolute atomic E-state index is 12.8. The van der Waals surface area contributed by atoms with Gasteiger partial charge in [0.25, 0.3) is 10.0 Å². The van der Waals surface area contributed by atoms with Gasteiger partial charge in [-0.1, -0.05) is 6.07 Å². The first-order valence-corrected chi connectivity index (χ1v) is 7.57. The molecule has 0 spiro atoms. The number of pyridine rings is 2. The van der Waals surface area contributed by atoms with Crippen molar-refractivity contribution in [2.75, 3.05) is 17.1 Å². The quantitative estimate of drug-likeness (QED) is 0.783. The van der Waals surface area contributed by atoms with E-state index in [1.807, 2.05) is 0 Å². The third kappa shape index (κ3) is 2.09. The fraction of sp³-hybridized carbons (Fsp3) is 0.0769. The predicted octanol–water partition coefficient (Wildman–Crippen LogP) is 1.14. The number of anilines is 2. The van der Waals surface area contributed by atoms with Gasteiger partial charge in [-0.3, -0.25) is 13.7 Å². The fourth-order valence-electron chi connectivity index (χ4n) is 2.06. The molecule has 0 radical (unpaired) electrons. The molecular weight excluding hydrogens is 290 g/mol. The molecule has 8 heteroatoms. The summed E-state index contributed by atoms with van der Waals surface area (Å²) in [6.45, 7) is 0. The molecule has 3 aromatic heterocycles. The van der Waals surface area contributed by atoms with Crippen molar-refractivity contribution in [1.29, 1.82) is 0 Å². The number of hydrogen-bond donors (Lipinski definition) is 1. The van der Waals surface area contributed by atoms with Crippen LogP contribution in [0.25, 0.3) is 5.65 Å². The minimum Gasteiger partial charge on any atom is -0.381 e. The highest BCUT2D eigenvalue weighted by Crippen LogP contribution is 2.26. The van der Waals surface area contributed by atoms with Crippen LogP contribution < -0.4 is 10.0 Å². The summed E-state index contributed by atoms with van der Waals surface area (Å²) >= 11 is 0. The zero-order valence-corrected chi connectivity index (χ0v) is 12.0. The molecule has 0 fully saturated rings. The molecule has 0 bridgehead atoms. The fourth-order valence-corrected chi connectivity index (χ4v) is 3.41. The van der Waals surface area contributed by atoms with Crippen LogP contribution in [0, 0.1) is 0 Å². The van der Waals surface area contributed by atoms with Crippen molar-refractivity contribution in [3.63, 3.8) is 0 Å². The summed E-state index contributed by atoms with van der Waals surface area (Å²) in [6, 6.07) is 8.50. The molecule has 0 aromatic carbocycles. The molecule has 3 heterocycles. The molecule has 0 aliphatic carbocycles. The van der Waals surface area contributed by atoms with Gasteiger partial charge in [0, 0.05) is 19.4 Å². The smallest absolute Gasteiger partial charge is 0.283 e. The van der Waals surface area contributed by atoms with Crippen LogP contribution in [0.1, 0.15) is 0 Å². The van der Waals surface area contributed by atoms with Crippen molar-refractivity contribution < 1.29 is 8.42 Å². The van der Waals surface area contributed by atoms with E-state index in [2.05, 4.69) is 9.97 Å². The van der Waals surface area contributed by atoms with E-state index in [-0.39, 0.29) is 10.8 Å². The van der Waals surface area contributed by atoms with Crippen molar-refractivity contribution >= 4 is 27.2 Å². The van der Waals surface area contributed by atoms with E-state index in [0.29, 0.717) is 11.3 Å². The highest BCUT2D eigenvalue weighted by Gasteiger charge is 2.28. The number of fused-ring (bicyclic) bond motifs is 1. The van der Waals surface area contributed by atoms with E-state index in [9.17, 15) is 8.42 Å². The van der Waals surface area contributed by atoms with E-state index >= 15 is 0 Å². The number of nitrogen functional groups attached to an aromatic ring is 1. The van der Waals surface area contributed by atoms with E-state index in [0.717, 1.165) is 4.31 Å². The zero-order chi connectivity index (χ0) is 15.0. The Bertz CT molecular complexity index is 889. The van der Waals surface area contributed by atoms with Crippen LogP contribution in [-0.2, 0) is 10.0 Å². The second-order valence-electron chi connectivity index (χ2n) is 4.41. The molecule has 0 unspecified atom stereocenters. The number of hydrogen-bond acceptors (Lipinski definition) is 5. The highest BCUT2D eigenvalue weighted by atomic mass is 32.2. The SMILES string of the molecule is CN(c1cccnc1)S(=O)(=O)c1c(N)nc2ccccn12. The number of nitrogens with two attached hydrogens (primary N) is 1. The average molecular weight is 303 g/mol. The Morgan fingerprint density at radius 2 is 2.05 bits per heavy atom. The lowest BCUT2D eigenvalue weighted by Crippen LogP contribution is -2.28. The first-order chi connectivity index (χ1) is 10.0. The molecule has 2 N–H and O–H groups in total. The third-order valence-electron chi connectivity index (χ3n) is 3.13. The predicted molar refractivity (Wildman–Crippen MR) is 79.4 cm³/mol. The second kappa shape index (κ2) is 4.74. The molecule has 0 aliphatic heterocycles. The number of rotatable bonds is 3. The molecular formula is C13H13N5O2S. The summed E-state index contributed by atoms with van der Waals surface area (Å²) in [4.78, 5) is 8.00. The Morgan fingerprint density at radius 1 is 1.24 bits per heavy atom. The van der Waals surface area contributed by atoms with Crippen molar-refractivity contribution in [2.24, 2.45) is 0 Å². The zero-order valence-electron chi connectivity index (χ0n) is 11.2.